The van der Waals surface area contributed by atoms with Crippen molar-refractivity contribution in [2.24, 2.45) is 0 Å². The first-order valence-corrected chi connectivity index (χ1v) is 8.96. The lowest BCUT2D eigenvalue weighted by Crippen LogP contribution is -2.05. The van der Waals surface area contributed by atoms with Crippen molar-refractivity contribution in [3.8, 4) is 0 Å². The van der Waals surface area contributed by atoms with Crippen LogP contribution in [0.25, 0.3) is 0 Å². The van der Waals surface area contributed by atoms with Gasteiger partial charge < -0.3 is 10.9 Å². The Morgan fingerprint density at radius 2 is 1.10 bits per heavy atom. The molecule has 0 saturated heterocycles. The van der Waals surface area contributed by atoms with Crippen LogP contribution < -0.4 is 6.15 Å². The van der Waals surface area contributed by atoms with Gasteiger partial charge in [0.25, 0.3) is 0 Å². The summed E-state index contributed by atoms with van der Waals surface area (Å²) in [6, 6.07) is 0. The van der Waals surface area contributed by atoms with Gasteiger partial charge >= 0.3 is 5.97 Å². The largest absolute Gasteiger partial charge is 0.466 e. The summed E-state index contributed by atoms with van der Waals surface area (Å²) in [6.45, 7) is 5.09. The number of hydrogen-bond donors (Lipinski definition) is 1. The zero-order chi connectivity index (χ0) is 14.9. The lowest BCUT2D eigenvalue weighted by atomic mass is 10.1. The van der Waals surface area contributed by atoms with Gasteiger partial charge in [0.15, 0.2) is 0 Å². The summed E-state index contributed by atoms with van der Waals surface area (Å²) in [4.78, 5) is 11.5. The zero-order valence-electron chi connectivity index (χ0n) is 14.6. The molecule has 0 aromatic carbocycles. The number of rotatable bonds is 15. The average molecular weight is 302 g/mol. The van der Waals surface area contributed by atoms with Gasteiger partial charge in [-0.05, 0) is 12.8 Å². The molecule has 0 unspecified atom stereocenters. The van der Waals surface area contributed by atoms with Gasteiger partial charge in [0.05, 0.1) is 6.61 Å². The van der Waals surface area contributed by atoms with E-state index in [2.05, 4.69) is 13.8 Å². The van der Waals surface area contributed by atoms with E-state index in [4.69, 9.17) is 4.74 Å². The fourth-order valence-electron chi connectivity index (χ4n) is 2.37. The molecule has 0 saturated carbocycles. The normalized spacial score (nSPS) is 10.2. The van der Waals surface area contributed by atoms with Crippen LogP contribution in [0.3, 0.4) is 0 Å². The van der Waals surface area contributed by atoms with E-state index in [1.165, 1.54) is 70.6 Å². The van der Waals surface area contributed by atoms with Crippen molar-refractivity contribution < 1.29 is 9.53 Å². The SMILES string of the molecule is CCCCCCCCCC(=O)OCCCCCCCC.N. The molecule has 0 fully saturated rings. The van der Waals surface area contributed by atoms with E-state index in [9.17, 15) is 4.79 Å². The highest BCUT2D eigenvalue weighted by Crippen LogP contribution is 2.09. The van der Waals surface area contributed by atoms with Crippen molar-refractivity contribution in [1.82, 2.24) is 6.15 Å². The maximum atomic E-state index is 11.5. The standard InChI is InChI=1S/C18H36O2.H3N/c1-3-5-7-9-11-12-14-16-18(19)20-17-15-13-10-8-6-4-2;/h3-17H2,1-2H3;1H3. The fraction of sp³-hybridized carbons (Fsp3) is 0.944. The molecule has 0 aliphatic carbocycles. The Bertz CT molecular complexity index is 187. The topological polar surface area (TPSA) is 61.3 Å². The third kappa shape index (κ3) is 19.4. The Balaban J connectivity index is 0. The Morgan fingerprint density at radius 1 is 0.667 bits per heavy atom. The van der Waals surface area contributed by atoms with Gasteiger partial charge in [0.1, 0.15) is 0 Å². The molecule has 0 aliphatic rings. The molecule has 0 rings (SSSR count). The van der Waals surface area contributed by atoms with E-state index in [0.717, 1.165) is 12.8 Å². The lowest BCUT2D eigenvalue weighted by molar-refractivity contribution is -0.143. The monoisotopic (exact) mass is 301 g/mol. The van der Waals surface area contributed by atoms with Crippen LogP contribution in [0, 0.1) is 0 Å². The quantitative estimate of drug-likeness (QED) is 0.289. The minimum atomic E-state index is 0. The summed E-state index contributed by atoms with van der Waals surface area (Å²) in [5.41, 5.74) is 0. The molecule has 0 atom stereocenters. The molecule has 0 aromatic heterocycles. The summed E-state index contributed by atoms with van der Waals surface area (Å²) >= 11 is 0. The summed E-state index contributed by atoms with van der Waals surface area (Å²) < 4.78 is 5.25. The van der Waals surface area contributed by atoms with Crippen molar-refractivity contribution in [3.05, 3.63) is 0 Å². The highest BCUT2D eigenvalue weighted by molar-refractivity contribution is 5.69. The number of unbranched alkanes of at least 4 members (excludes halogenated alkanes) is 11. The van der Waals surface area contributed by atoms with E-state index in [-0.39, 0.29) is 12.1 Å². The minimum absolute atomic E-state index is 0. The number of ether oxygens (including phenoxy) is 1. The van der Waals surface area contributed by atoms with E-state index < -0.39 is 0 Å². The predicted octanol–water partition coefficient (Wildman–Crippen LogP) is 6.19. The molecule has 3 nitrogen and oxygen atoms in total. The van der Waals surface area contributed by atoms with E-state index in [1.54, 1.807) is 0 Å². The molecule has 21 heavy (non-hydrogen) atoms. The van der Waals surface area contributed by atoms with Crippen LogP contribution in [-0.4, -0.2) is 12.6 Å². The maximum Gasteiger partial charge on any atom is 0.305 e. The predicted molar refractivity (Wildman–Crippen MR) is 92.0 cm³/mol. The smallest absolute Gasteiger partial charge is 0.305 e. The van der Waals surface area contributed by atoms with Crippen molar-refractivity contribution in [3.63, 3.8) is 0 Å². The first-order chi connectivity index (χ1) is 9.81. The van der Waals surface area contributed by atoms with E-state index in [0.29, 0.717) is 13.0 Å². The molecule has 3 N–H and O–H groups in total. The van der Waals surface area contributed by atoms with Crippen molar-refractivity contribution in [1.29, 1.82) is 0 Å². The summed E-state index contributed by atoms with van der Waals surface area (Å²) in [7, 11) is 0. The summed E-state index contributed by atoms with van der Waals surface area (Å²) in [6.07, 6.45) is 16.8. The van der Waals surface area contributed by atoms with Crippen LogP contribution >= 0.6 is 0 Å². The molecular weight excluding hydrogens is 262 g/mol. The first-order valence-electron chi connectivity index (χ1n) is 8.96. The van der Waals surface area contributed by atoms with Crippen LogP contribution in [0.1, 0.15) is 104 Å². The van der Waals surface area contributed by atoms with Crippen molar-refractivity contribution in [2.75, 3.05) is 6.61 Å². The molecule has 0 aliphatic heterocycles. The molecule has 0 amide bonds. The van der Waals surface area contributed by atoms with Crippen LogP contribution in [0.2, 0.25) is 0 Å². The van der Waals surface area contributed by atoms with Gasteiger partial charge in [-0.1, -0.05) is 84.5 Å². The summed E-state index contributed by atoms with van der Waals surface area (Å²) in [5, 5.41) is 0. The molecule has 128 valence electrons. The van der Waals surface area contributed by atoms with Crippen molar-refractivity contribution in [2.45, 2.75) is 104 Å². The number of esters is 1. The Hall–Kier alpha value is -0.570. The maximum absolute atomic E-state index is 11.5. The highest BCUT2D eigenvalue weighted by atomic mass is 16.5. The van der Waals surface area contributed by atoms with Gasteiger partial charge in [-0.3, -0.25) is 4.79 Å². The molecule has 0 radical (unpaired) electrons. The highest BCUT2D eigenvalue weighted by Gasteiger charge is 2.02. The number of hydrogen-bond acceptors (Lipinski definition) is 3. The molecule has 0 bridgehead atoms. The lowest BCUT2D eigenvalue weighted by Gasteiger charge is -2.05. The Morgan fingerprint density at radius 3 is 1.62 bits per heavy atom. The Labute approximate surface area is 132 Å². The van der Waals surface area contributed by atoms with Gasteiger partial charge in [-0.2, -0.15) is 0 Å². The molecule has 3 heteroatoms. The van der Waals surface area contributed by atoms with Crippen LogP contribution in [0.4, 0.5) is 0 Å². The van der Waals surface area contributed by atoms with Gasteiger partial charge in [-0.15, -0.1) is 0 Å². The van der Waals surface area contributed by atoms with Crippen molar-refractivity contribution >= 4 is 5.97 Å². The average Bonchev–Trinajstić information content (AvgIpc) is 2.45. The third-order valence-corrected chi connectivity index (χ3v) is 3.75. The second kappa shape index (κ2) is 19.4. The zero-order valence-corrected chi connectivity index (χ0v) is 14.6. The van der Waals surface area contributed by atoms with Gasteiger partial charge in [-0.25, -0.2) is 0 Å². The second-order valence-corrected chi connectivity index (χ2v) is 5.86. The first kappa shape index (κ1) is 22.7. The molecule has 0 heterocycles. The fourth-order valence-corrected chi connectivity index (χ4v) is 2.37. The van der Waals surface area contributed by atoms with Gasteiger partial charge in [0, 0.05) is 6.42 Å². The Kier molecular flexibility index (Phi) is 21.0. The number of carbonyl (C=O) groups is 1. The third-order valence-electron chi connectivity index (χ3n) is 3.75. The molecule has 0 spiro atoms. The van der Waals surface area contributed by atoms with E-state index in [1.807, 2.05) is 0 Å². The van der Waals surface area contributed by atoms with Crippen LogP contribution in [0.5, 0.6) is 0 Å². The van der Waals surface area contributed by atoms with E-state index >= 15 is 0 Å². The second-order valence-electron chi connectivity index (χ2n) is 5.86. The number of carbonyl (C=O) groups excluding carboxylic acids is 1. The van der Waals surface area contributed by atoms with Crippen LogP contribution in [-0.2, 0) is 9.53 Å². The minimum Gasteiger partial charge on any atom is -0.466 e. The van der Waals surface area contributed by atoms with Crippen LogP contribution in [0.15, 0.2) is 0 Å². The molecule has 0 aromatic rings. The van der Waals surface area contributed by atoms with Gasteiger partial charge in [0.2, 0.25) is 0 Å². The molecular formula is C18H39NO2. The summed E-state index contributed by atoms with van der Waals surface area (Å²) in [5.74, 6) is 0.00659.